The van der Waals surface area contributed by atoms with Crippen molar-refractivity contribution in [2.75, 3.05) is 6.61 Å². The maximum absolute atomic E-state index is 11.9. The highest BCUT2D eigenvalue weighted by Gasteiger charge is 2.26. The van der Waals surface area contributed by atoms with Crippen molar-refractivity contribution in [2.24, 2.45) is 0 Å². The number of carbonyl (C=O) groups is 3. The number of unbranched alkanes of at least 4 members (excludes halogenated alkanes) is 2. The van der Waals surface area contributed by atoms with Crippen molar-refractivity contribution >= 4 is 17.7 Å². The predicted molar refractivity (Wildman–Crippen MR) is 88.2 cm³/mol. The number of hydrogen-bond donors (Lipinski definition) is 3. The summed E-state index contributed by atoms with van der Waals surface area (Å²) in [5.41, 5.74) is 4.67. The number of nitrogens with one attached hydrogen (secondary N) is 3. The minimum atomic E-state index is -0.883. The van der Waals surface area contributed by atoms with Crippen LogP contribution < -0.4 is 20.9 Å². The third-order valence-electron chi connectivity index (χ3n) is 3.54. The van der Waals surface area contributed by atoms with E-state index in [0.29, 0.717) is 17.9 Å². The number of rotatable bonds is 7. The van der Waals surface area contributed by atoms with Crippen LogP contribution in [0.3, 0.4) is 0 Å². The first-order valence-corrected chi connectivity index (χ1v) is 8.24. The highest BCUT2D eigenvalue weighted by molar-refractivity contribution is 6.35. The van der Waals surface area contributed by atoms with Gasteiger partial charge in [-0.25, -0.2) is 0 Å². The van der Waals surface area contributed by atoms with Crippen LogP contribution in [-0.2, 0) is 9.59 Å². The van der Waals surface area contributed by atoms with Gasteiger partial charge in [-0.3, -0.25) is 25.2 Å². The molecule has 0 bridgehead atoms. The first-order valence-electron chi connectivity index (χ1n) is 8.24. The molecule has 7 nitrogen and oxygen atoms in total. The van der Waals surface area contributed by atoms with E-state index in [1.54, 1.807) is 24.3 Å². The van der Waals surface area contributed by atoms with Gasteiger partial charge in [-0.1, -0.05) is 19.8 Å². The molecule has 0 heterocycles. The van der Waals surface area contributed by atoms with Crippen LogP contribution in [-0.4, -0.2) is 30.4 Å². The summed E-state index contributed by atoms with van der Waals surface area (Å²) in [6, 6.07) is 6.68. The van der Waals surface area contributed by atoms with Crippen LogP contribution in [0.15, 0.2) is 24.3 Å². The van der Waals surface area contributed by atoms with Crippen LogP contribution in [0.5, 0.6) is 5.75 Å². The average Bonchev–Trinajstić information content (AvgIpc) is 3.40. The molecule has 130 valence electrons. The van der Waals surface area contributed by atoms with E-state index in [1.165, 1.54) is 0 Å². The van der Waals surface area contributed by atoms with E-state index in [0.717, 1.165) is 32.1 Å². The van der Waals surface area contributed by atoms with Gasteiger partial charge in [0.25, 0.3) is 5.91 Å². The normalized spacial score (nSPS) is 13.0. The molecule has 1 aromatic carbocycles. The van der Waals surface area contributed by atoms with Gasteiger partial charge in [0.15, 0.2) is 0 Å². The number of hydrazine groups is 1. The second-order valence-corrected chi connectivity index (χ2v) is 5.74. The second-order valence-electron chi connectivity index (χ2n) is 5.74. The van der Waals surface area contributed by atoms with Gasteiger partial charge in [0.05, 0.1) is 6.61 Å². The Labute approximate surface area is 141 Å². The molecule has 2 rings (SSSR count). The van der Waals surface area contributed by atoms with Gasteiger partial charge >= 0.3 is 11.8 Å². The van der Waals surface area contributed by atoms with Crippen molar-refractivity contribution in [2.45, 2.75) is 45.1 Å². The molecule has 0 atom stereocenters. The first kappa shape index (κ1) is 17.8. The number of carbonyl (C=O) groups excluding carboxylic acids is 3. The molecule has 0 saturated heterocycles. The molecule has 24 heavy (non-hydrogen) atoms. The molecular weight excluding hydrogens is 310 g/mol. The summed E-state index contributed by atoms with van der Waals surface area (Å²) in [6.45, 7) is 2.77. The fourth-order valence-electron chi connectivity index (χ4n) is 1.97. The predicted octanol–water partition coefficient (Wildman–Crippen LogP) is 1.30. The van der Waals surface area contributed by atoms with Gasteiger partial charge in [0, 0.05) is 11.6 Å². The zero-order chi connectivity index (χ0) is 17.4. The highest BCUT2D eigenvalue weighted by Crippen LogP contribution is 2.18. The van der Waals surface area contributed by atoms with E-state index in [2.05, 4.69) is 23.1 Å². The fourth-order valence-corrected chi connectivity index (χ4v) is 1.97. The van der Waals surface area contributed by atoms with Crippen molar-refractivity contribution in [3.05, 3.63) is 29.8 Å². The number of hydrogen-bond acceptors (Lipinski definition) is 4. The third-order valence-corrected chi connectivity index (χ3v) is 3.54. The fraction of sp³-hybridized carbons (Fsp3) is 0.471. The summed E-state index contributed by atoms with van der Waals surface area (Å²) in [4.78, 5) is 34.9. The van der Waals surface area contributed by atoms with E-state index in [-0.39, 0.29) is 6.04 Å². The highest BCUT2D eigenvalue weighted by atomic mass is 16.5. The van der Waals surface area contributed by atoms with Gasteiger partial charge in [0.2, 0.25) is 0 Å². The van der Waals surface area contributed by atoms with Crippen LogP contribution >= 0.6 is 0 Å². The van der Waals surface area contributed by atoms with Gasteiger partial charge < -0.3 is 10.1 Å². The Kier molecular flexibility index (Phi) is 6.60. The smallest absolute Gasteiger partial charge is 0.327 e. The SMILES string of the molecule is CCCCCOc1ccc(C(=O)NNC(=O)C(=O)NC2CC2)cc1. The van der Waals surface area contributed by atoms with E-state index in [9.17, 15) is 14.4 Å². The Morgan fingerprint density at radius 3 is 2.38 bits per heavy atom. The molecule has 0 spiro atoms. The van der Waals surface area contributed by atoms with Gasteiger partial charge in [-0.2, -0.15) is 0 Å². The Morgan fingerprint density at radius 1 is 1.04 bits per heavy atom. The quantitative estimate of drug-likeness (QED) is 0.398. The summed E-state index contributed by atoms with van der Waals surface area (Å²) in [5, 5.41) is 2.53. The monoisotopic (exact) mass is 333 g/mol. The summed E-state index contributed by atoms with van der Waals surface area (Å²) >= 11 is 0. The molecule has 0 aliphatic heterocycles. The summed E-state index contributed by atoms with van der Waals surface area (Å²) < 4.78 is 5.56. The Morgan fingerprint density at radius 2 is 1.75 bits per heavy atom. The lowest BCUT2D eigenvalue weighted by atomic mass is 10.2. The van der Waals surface area contributed by atoms with Crippen LogP contribution in [0, 0.1) is 0 Å². The lowest BCUT2D eigenvalue weighted by Gasteiger charge is -2.09. The van der Waals surface area contributed by atoms with E-state index in [1.807, 2.05) is 0 Å². The van der Waals surface area contributed by atoms with Gasteiger partial charge in [-0.15, -0.1) is 0 Å². The van der Waals surface area contributed by atoms with Crippen LogP contribution in [0.25, 0.3) is 0 Å². The van der Waals surface area contributed by atoms with Gasteiger partial charge in [-0.05, 0) is 43.5 Å². The standard InChI is InChI=1S/C17H23N3O4/c1-2-3-4-11-24-14-9-5-12(6-10-14)15(21)19-20-17(23)16(22)18-13-7-8-13/h5-6,9-10,13H,2-4,7-8,11H2,1H3,(H,18,22)(H,19,21)(H,20,23). The summed E-state index contributed by atoms with van der Waals surface area (Å²) in [6.07, 6.45) is 5.02. The van der Waals surface area contributed by atoms with E-state index in [4.69, 9.17) is 4.74 Å². The van der Waals surface area contributed by atoms with E-state index < -0.39 is 17.7 Å². The minimum Gasteiger partial charge on any atom is -0.494 e. The molecule has 7 heteroatoms. The molecular formula is C17H23N3O4. The Bertz CT molecular complexity index is 582. The third kappa shape index (κ3) is 5.91. The number of amides is 3. The summed E-state index contributed by atoms with van der Waals surface area (Å²) in [7, 11) is 0. The molecule has 3 N–H and O–H groups in total. The molecule has 3 amide bonds. The van der Waals surface area contributed by atoms with Crippen molar-refractivity contribution in [3.8, 4) is 5.75 Å². The molecule has 1 aromatic rings. The van der Waals surface area contributed by atoms with Crippen LogP contribution in [0.1, 0.15) is 49.4 Å². The zero-order valence-electron chi connectivity index (χ0n) is 13.8. The maximum Gasteiger partial charge on any atom is 0.327 e. The average molecular weight is 333 g/mol. The van der Waals surface area contributed by atoms with Gasteiger partial charge in [0.1, 0.15) is 5.75 Å². The molecule has 0 radical (unpaired) electrons. The van der Waals surface area contributed by atoms with Crippen molar-refractivity contribution in [1.29, 1.82) is 0 Å². The second kappa shape index (κ2) is 8.90. The molecule has 0 unspecified atom stereocenters. The molecule has 1 aliphatic rings. The zero-order valence-corrected chi connectivity index (χ0v) is 13.8. The van der Waals surface area contributed by atoms with Crippen LogP contribution in [0.4, 0.5) is 0 Å². The molecule has 0 aromatic heterocycles. The lowest BCUT2D eigenvalue weighted by molar-refractivity contribution is -0.139. The van der Waals surface area contributed by atoms with Crippen molar-refractivity contribution in [3.63, 3.8) is 0 Å². The van der Waals surface area contributed by atoms with Crippen molar-refractivity contribution in [1.82, 2.24) is 16.2 Å². The Hall–Kier alpha value is -2.57. The molecule has 1 fully saturated rings. The van der Waals surface area contributed by atoms with E-state index >= 15 is 0 Å². The van der Waals surface area contributed by atoms with Crippen molar-refractivity contribution < 1.29 is 19.1 Å². The first-order chi connectivity index (χ1) is 11.6. The largest absolute Gasteiger partial charge is 0.494 e. The van der Waals surface area contributed by atoms with Crippen LogP contribution in [0.2, 0.25) is 0 Å². The number of ether oxygens (including phenoxy) is 1. The number of benzene rings is 1. The topological polar surface area (TPSA) is 96.5 Å². The summed E-state index contributed by atoms with van der Waals surface area (Å²) in [5.74, 6) is -1.43. The molecule has 1 aliphatic carbocycles. The molecule has 1 saturated carbocycles. The minimum absolute atomic E-state index is 0.0869. The lowest BCUT2D eigenvalue weighted by Crippen LogP contribution is -2.48. The maximum atomic E-state index is 11.9. The Balaban J connectivity index is 1.73.